The van der Waals surface area contributed by atoms with E-state index >= 15 is 0 Å². The van der Waals surface area contributed by atoms with Gasteiger partial charge >= 0.3 is 0 Å². The van der Waals surface area contributed by atoms with Gasteiger partial charge in [0.1, 0.15) is 17.3 Å². The van der Waals surface area contributed by atoms with Crippen molar-refractivity contribution in [2.75, 3.05) is 13.2 Å². The molecule has 2 aromatic rings. The molecule has 180 valence electrons. The summed E-state index contributed by atoms with van der Waals surface area (Å²) in [4.78, 5) is 25.2. The van der Waals surface area contributed by atoms with Gasteiger partial charge in [0.15, 0.2) is 5.78 Å². The first-order chi connectivity index (χ1) is 16.5. The lowest BCUT2D eigenvalue weighted by molar-refractivity contribution is -0.130. The van der Waals surface area contributed by atoms with Crippen LogP contribution in [0.1, 0.15) is 69.9 Å². The van der Waals surface area contributed by atoms with Crippen molar-refractivity contribution in [3.8, 4) is 11.5 Å². The molecule has 2 atom stereocenters. The summed E-state index contributed by atoms with van der Waals surface area (Å²) in [5, 5.41) is 0. The van der Waals surface area contributed by atoms with Gasteiger partial charge in [-0.05, 0) is 73.2 Å². The second kappa shape index (κ2) is 12.9. The van der Waals surface area contributed by atoms with Crippen LogP contribution < -0.4 is 9.47 Å². The summed E-state index contributed by atoms with van der Waals surface area (Å²) < 4.78 is 11.5. The smallest absolute Gasteiger partial charge is 0.167 e. The highest BCUT2D eigenvalue weighted by molar-refractivity contribution is 6.09. The van der Waals surface area contributed by atoms with Gasteiger partial charge < -0.3 is 9.47 Å². The number of benzene rings is 2. The highest BCUT2D eigenvalue weighted by Gasteiger charge is 2.35. The van der Waals surface area contributed by atoms with Gasteiger partial charge in [-0.15, -0.1) is 0 Å². The van der Waals surface area contributed by atoms with Crippen molar-refractivity contribution < 1.29 is 19.1 Å². The Morgan fingerprint density at radius 1 is 0.882 bits per heavy atom. The number of ketones is 2. The Kier molecular flexibility index (Phi) is 9.69. The zero-order valence-corrected chi connectivity index (χ0v) is 20.6. The van der Waals surface area contributed by atoms with E-state index in [2.05, 4.69) is 13.8 Å². The van der Waals surface area contributed by atoms with Crippen molar-refractivity contribution >= 4 is 17.6 Å². The molecule has 0 bridgehead atoms. The third kappa shape index (κ3) is 7.18. The van der Waals surface area contributed by atoms with Crippen molar-refractivity contribution in [2.24, 2.45) is 5.92 Å². The van der Waals surface area contributed by atoms with Gasteiger partial charge in [-0.2, -0.15) is 0 Å². The van der Waals surface area contributed by atoms with Crippen LogP contribution in [0.15, 0.2) is 66.3 Å². The molecule has 1 aliphatic carbocycles. The van der Waals surface area contributed by atoms with Crippen LogP contribution >= 0.6 is 0 Å². The Hall–Kier alpha value is -3.14. The van der Waals surface area contributed by atoms with Gasteiger partial charge in [-0.3, -0.25) is 9.59 Å². The van der Waals surface area contributed by atoms with E-state index in [-0.39, 0.29) is 17.5 Å². The second-order valence-corrected chi connectivity index (χ2v) is 8.90. The van der Waals surface area contributed by atoms with Crippen LogP contribution in [-0.4, -0.2) is 24.8 Å². The minimum Gasteiger partial charge on any atom is -0.494 e. The van der Waals surface area contributed by atoms with Crippen molar-refractivity contribution in [2.45, 2.75) is 58.8 Å². The first kappa shape index (κ1) is 25.5. The lowest BCUT2D eigenvalue weighted by Gasteiger charge is -2.28. The number of carbonyl (C=O) groups is 2. The van der Waals surface area contributed by atoms with Gasteiger partial charge in [-0.1, -0.05) is 63.1 Å². The van der Waals surface area contributed by atoms with Crippen LogP contribution in [0.2, 0.25) is 0 Å². The van der Waals surface area contributed by atoms with Crippen LogP contribution in [0.3, 0.4) is 0 Å². The quantitative estimate of drug-likeness (QED) is 0.254. The first-order valence-corrected chi connectivity index (χ1v) is 12.4. The van der Waals surface area contributed by atoms with E-state index in [1.54, 1.807) is 6.08 Å². The number of Topliss-reactive ketones (excluding diaryl/α,β-unsaturated/α-hetero) is 1. The highest BCUT2D eigenvalue weighted by Crippen LogP contribution is 2.38. The molecule has 2 unspecified atom stereocenters. The van der Waals surface area contributed by atoms with Gasteiger partial charge in [0.05, 0.1) is 19.1 Å². The fourth-order valence-corrected chi connectivity index (χ4v) is 4.17. The zero-order chi connectivity index (χ0) is 24.3. The van der Waals surface area contributed by atoms with Crippen LogP contribution in [0.5, 0.6) is 11.5 Å². The van der Waals surface area contributed by atoms with Crippen molar-refractivity contribution in [1.29, 1.82) is 0 Å². The summed E-state index contributed by atoms with van der Waals surface area (Å²) in [6, 6.07) is 15.8. The molecule has 0 amide bonds. The normalized spacial score (nSPS) is 18.1. The van der Waals surface area contributed by atoms with Crippen LogP contribution in [-0.2, 0) is 9.59 Å². The van der Waals surface area contributed by atoms with Crippen LogP contribution in [0, 0.1) is 5.92 Å². The molecular formula is C30H36O4. The Bertz CT molecular complexity index is 999. The number of allylic oxidation sites excluding steroid dienone is 3. The summed E-state index contributed by atoms with van der Waals surface area (Å²) in [7, 11) is 0. The molecular weight excluding hydrogens is 424 g/mol. The maximum atomic E-state index is 12.9. The maximum Gasteiger partial charge on any atom is 0.167 e. The molecule has 2 aromatic carbocycles. The van der Waals surface area contributed by atoms with E-state index in [0.29, 0.717) is 13.0 Å². The van der Waals surface area contributed by atoms with Crippen molar-refractivity contribution in [1.82, 2.24) is 0 Å². The molecule has 0 spiro atoms. The van der Waals surface area contributed by atoms with E-state index < -0.39 is 5.92 Å². The summed E-state index contributed by atoms with van der Waals surface area (Å²) in [5.74, 6) is 0.667. The summed E-state index contributed by atoms with van der Waals surface area (Å²) in [6.45, 7) is 7.20. The molecule has 0 saturated carbocycles. The SMILES string of the molecule is CCCCOc1ccc(/C=C/C2=CC(=O)C(C(C)=O)C(c3ccc(OCCCC)cc3)C2)cc1. The molecule has 0 fully saturated rings. The predicted octanol–water partition coefficient (Wildman–Crippen LogP) is 6.95. The van der Waals surface area contributed by atoms with E-state index in [1.165, 1.54) is 6.92 Å². The lowest BCUT2D eigenvalue weighted by Crippen LogP contribution is -2.31. The minimum atomic E-state index is -0.636. The van der Waals surface area contributed by atoms with Gasteiger partial charge in [0.2, 0.25) is 0 Å². The van der Waals surface area contributed by atoms with Crippen LogP contribution in [0.4, 0.5) is 0 Å². The number of hydrogen-bond donors (Lipinski definition) is 0. The number of hydrogen-bond acceptors (Lipinski definition) is 4. The van der Waals surface area contributed by atoms with Gasteiger partial charge in [-0.25, -0.2) is 0 Å². The molecule has 0 heterocycles. The molecule has 0 aliphatic heterocycles. The number of ether oxygens (including phenoxy) is 2. The van der Waals surface area contributed by atoms with Crippen LogP contribution in [0.25, 0.3) is 6.08 Å². The van der Waals surface area contributed by atoms with Crippen molar-refractivity contribution in [3.63, 3.8) is 0 Å². The molecule has 34 heavy (non-hydrogen) atoms. The third-order valence-electron chi connectivity index (χ3n) is 6.14. The maximum absolute atomic E-state index is 12.9. The average Bonchev–Trinajstić information content (AvgIpc) is 2.83. The highest BCUT2D eigenvalue weighted by atomic mass is 16.5. The van der Waals surface area contributed by atoms with Gasteiger partial charge in [0.25, 0.3) is 0 Å². The molecule has 3 rings (SSSR count). The fraction of sp³-hybridized carbons (Fsp3) is 0.400. The molecule has 0 radical (unpaired) electrons. The number of rotatable bonds is 12. The van der Waals surface area contributed by atoms with E-state index in [4.69, 9.17) is 9.47 Å². The molecule has 4 heteroatoms. The summed E-state index contributed by atoms with van der Waals surface area (Å²) >= 11 is 0. The molecule has 0 saturated heterocycles. The average molecular weight is 461 g/mol. The van der Waals surface area contributed by atoms with Gasteiger partial charge in [0, 0.05) is 5.92 Å². The Morgan fingerprint density at radius 3 is 1.97 bits per heavy atom. The van der Waals surface area contributed by atoms with E-state index in [1.807, 2.05) is 60.7 Å². The largest absolute Gasteiger partial charge is 0.494 e. The predicted molar refractivity (Wildman–Crippen MR) is 137 cm³/mol. The van der Waals surface area contributed by atoms with E-state index in [0.717, 1.165) is 60.5 Å². The molecule has 1 aliphatic rings. The Morgan fingerprint density at radius 2 is 1.44 bits per heavy atom. The molecule has 0 N–H and O–H groups in total. The van der Waals surface area contributed by atoms with E-state index in [9.17, 15) is 9.59 Å². The molecule has 0 aromatic heterocycles. The zero-order valence-electron chi connectivity index (χ0n) is 20.6. The standard InChI is InChI=1S/C30H36O4/c1-4-6-18-33-26-14-10-23(11-15-26)8-9-24-20-28(30(22(3)31)29(32)21-24)25-12-16-27(17-13-25)34-19-7-5-2/h8-17,21,28,30H,4-7,18-20H2,1-3H3/b9-8+. The summed E-state index contributed by atoms with van der Waals surface area (Å²) in [5.41, 5.74) is 2.96. The minimum absolute atomic E-state index is 0.0868. The number of unbranched alkanes of at least 4 members (excludes halogenated alkanes) is 2. The monoisotopic (exact) mass is 460 g/mol. The Balaban J connectivity index is 1.71. The van der Waals surface area contributed by atoms with Crippen molar-refractivity contribution in [3.05, 3.63) is 77.4 Å². The topological polar surface area (TPSA) is 52.6 Å². The number of carbonyl (C=O) groups excluding carboxylic acids is 2. The fourth-order valence-electron chi connectivity index (χ4n) is 4.17. The molecule has 4 nitrogen and oxygen atoms in total. The second-order valence-electron chi connectivity index (χ2n) is 8.90. The Labute approximate surface area is 203 Å². The third-order valence-corrected chi connectivity index (χ3v) is 6.14. The first-order valence-electron chi connectivity index (χ1n) is 12.4. The summed E-state index contributed by atoms with van der Waals surface area (Å²) in [6.07, 6.45) is 10.5. The lowest BCUT2D eigenvalue weighted by atomic mass is 9.73.